The van der Waals surface area contributed by atoms with E-state index in [9.17, 15) is 10.1 Å². The van der Waals surface area contributed by atoms with Gasteiger partial charge in [-0.3, -0.25) is 10.1 Å². The number of nitrogens with one attached hydrogen (secondary N) is 1. The van der Waals surface area contributed by atoms with Crippen molar-refractivity contribution in [1.29, 1.82) is 5.26 Å². The fourth-order valence-electron chi connectivity index (χ4n) is 3.55. The summed E-state index contributed by atoms with van der Waals surface area (Å²) in [5, 5.41) is 12.8. The summed E-state index contributed by atoms with van der Waals surface area (Å²) in [7, 11) is 0. The van der Waals surface area contributed by atoms with Gasteiger partial charge in [-0.15, -0.1) is 0 Å². The second kappa shape index (κ2) is 8.84. The highest BCUT2D eigenvalue weighted by molar-refractivity contribution is 5.92. The molecule has 2 heterocycles. The molecular weight excluding hydrogens is 392 g/mol. The number of benzene rings is 2. The molecular formula is C24H22N4O3. The van der Waals surface area contributed by atoms with Crippen LogP contribution in [0.3, 0.4) is 0 Å². The Hall–Kier alpha value is -3.92. The number of carbonyl (C=O) groups excluding carboxylic acids is 1. The molecule has 0 atom stereocenters. The van der Waals surface area contributed by atoms with E-state index in [4.69, 9.17) is 9.47 Å². The maximum Gasteiger partial charge on any atom is 0.231 e. The van der Waals surface area contributed by atoms with Gasteiger partial charge in [0.2, 0.25) is 18.6 Å². The van der Waals surface area contributed by atoms with E-state index in [-0.39, 0.29) is 24.6 Å². The summed E-state index contributed by atoms with van der Waals surface area (Å²) in [5.74, 6) is 1.13. The van der Waals surface area contributed by atoms with Crippen molar-refractivity contribution in [3.63, 3.8) is 0 Å². The maximum atomic E-state index is 12.7. The summed E-state index contributed by atoms with van der Waals surface area (Å²) in [6.07, 6.45) is 1.44. The van der Waals surface area contributed by atoms with Crippen LogP contribution >= 0.6 is 0 Å². The van der Waals surface area contributed by atoms with Crippen molar-refractivity contribution < 1.29 is 14.3 Å². The molecule has 2 aromatic carbocycles. The van der Waals surface area contributed by atoms with Crippen LogP contribution in [0.2, 0.25) is 0 Å². The number of nitrogens with zero attached hydrogens (tertiary/aromatic N) is 3. The minimum atomic E-state index is -0.134. The zero-order chi connectivity index (χ0) is 21.8. The summed E-state index contributed by atoms with van der Waals surface area (Å²) in [5.41, 5.74) is 2.66. The van der Waals surface area contributed by atoms with Crippen LogP contribution in [0, 0.1) is 17.2 Å². The van der Waals surface area contributed by atoms with Crippen molar-refractivity contribution in [2.24, 2.45) is 5.92 Å². The van der Waals surface area contributed by atoms with Crippen LogP contribution < -0.4 is 14.8 Å². The molecule has 0 saturated carbocycles. The molecule has 7 nitrogen and oxygen atoms in total. The van der Waals surface area contributed by atoms with Gasteiger partial charge in [0, 0.05) is 17.0 Å². The molecule has 7 heteroatoms. The maximum absolute atomic E-state index is 12.7. The van der Waals surface area contributed by atoms with Crippen molar-refractivity contribution in [2.75, 3.05) is 12.1 Å². The van der Waals surface area contributed by atoms with E-state index in [0.717, 1.165) is 18.4 Å². The molecule has 0 fully saturated rings. The summed E-state index contributed by atoms with van der Waals surface area (Å²) in [6.45, 7) is 4.10. The number of hydrogen-bond acceptors (Lipinski definition) is 6. The Kier molecular flexibility index (Phi) is 5.80. The van der Waals surface area contributed by atoms with Crippen molar-refractivity contribution >= 4 is 11.9 Å². The summed E-state index contributed by atoms with van der Waals surface area (Å²) >= 11 is 0. The Labute approximate surface area is 180 Å². The van der Waals surface area contributed by atoms with Crippen LogP contribution in [-0.2, 0) is 4.79 Å². The largest absolute Gasteiger partial charge is 0.454 e. The van der Waals surface area contributed by atoms with Crippen molar-refractivity contribution in [3.05, 3.63) is 54.1 Å². The molecule has 1 aromatic heterocycles. The third-order valence-electron chi connectivity index (χ3n) is 5.31. The lowest BCUT2D eigenvalue weighted by Crippen LogP contribution is -2.23. The van der Waals surface area contributed by atoms with Gasteiger partial charge in [-0.05, 0) is 31.0 Å². The van der Waals surface area contributed by atoms with E-state index in [1.807, 2.05) is 50.2 Å². The lowest BCUT2D eigenvalue weighted by Gasteiger charge is -2.15. The van der Waals surface area contributed by atoms with E-state index >= 15 is 0 Å². The SMILES string of the molecule is CCC(CC)C(=O)Nc1nc(-c2ccccc2)c(C#N)c(-c2ccc3c(c2)OCO3)n1. The number of ether oxygens (including phenoxy) is 2. The average molecular weight is 414 g/mol. The Morgan fingerprint density at radius 3 is 2.39 bits per heavy atom. The van der Waals surface area contributed by atoms with Gasteiger partial charge in [0.15, 0.2) is 11.5 Å². The number of fused-ring (bicyclic) bond motifs is 1. The standard InChI is InChI=1S/C24H22N4O3/c1-3-15(4-2)23(29)28-24-26-21(16-8-6-5-7-9-16)18(13-25)22(27-24)17-10-11-19-20(12-17)31-14-30-19/h5-12,15H,3-4,14H2,1-2H3,(H,26,27,28,29). The number of anilines is 1. The van der Waals surface area contributed by atoms with E-state index < -0.39 is 0 Å². The van der Waals surface area contributed by atoms with Crippen molar-refractivity contribution in [2.45, 2.75) is 26.7 Å². The van der Waals surface area contributed by atoms with E-state index in [0.29, 0.717) is 34.0 Å². The van der Waals surface area contributed by atoms with Gasteiger partial charge in [0.1, 0.15) is 11.6 Å². The Morgan fingerprint density at radius 2 is 1.71 bits per heavy atom. The molecule has 0 saturated heterocycles. The van der Waals surface area contributed by atoms with Gasteiger partial charge >= 0.3 is 0 Å². The highest BCUT2D eigenvalue weighted by atomic mass is 16.7. The predicted molar refractivity (Wildman–Crippen MR) is 116 cm³/mol. The number of aromatic nitrogens is 2. The first-order valence-corrected chi connectivity index (χ1v) is 10.2. The fourth-order valence-corrected chi connectivity index (χ4v) is 3.55. The lowest BCUT2D eigenvalue weighted by atomic mass is 10.0. The van der Waals surface area contributed by atoms with Crippen LogP contribution in [0.4, 0.5) is 5.95 Å². The van der Waals surface area contributed by atoms with Crippen LogP contribution in [-0.4, -0.2) is 22.7 Å². The van der Waals surface area contributed by atoms with E-state index in [1.54, 1.807) is 12.1 Å². The molecule has 0 radical (unpaired) electrons. The minimum Gasteiger partial charge on any atom is -0.454 e. The quantitative estimate of drug-likeness (QED) is 0.623. The molecule has 0 aliphatic carbocycles. The Morgan fingerprint density at radius 1 is 1.03 bits per heavy atom. The smallest absolute Gasteiger partial charge is 0.231 e. The minimum absolute atomic E-state index is 0.131. The number of amides is 1. The first-order chi connectivity index (χ1) is 15.1. The lowest BCUT2D eigenvalue weighted by molar-refractivity contribution is -0.120. The molecule has 0 spiro atoms. The van der Waals surface area contributed by atoms with Crippen LogP contribution in [0.15, 0.2) is 48.5 Å². The molecule has 1 aliphatic rings. The van der Waals surface area contributed by atoms with Gasteiger partial charge < -0.3 is 9.47 Å². The zero-order valence-corrected chi connectivity index (χ0v) is 17.4. The first kappa shape index (κ1) is 20.4. The highest BCUT2D eigenvalue weighted by Gasteiger charge is 2.22. The molecule has 156 valence electrons. The van der Waals surface area contributed by atoms with Crippen LogP contribution in [0.1, 0.15) is 32.3 Å². The third-order valence-corrected chi connectivity index (χ3v) is 5.31. The third kappa shape index (κ3) is 4.05. The number of nitriles is 1. The topological polar surface area (TPSA) is 97.1 Å². The average Bonchev–Trinajstić information content (AvgIpc) is 3.28. The molecule has 1 amide bonds. The predicted octanol–water partition coefficient (Wildman–Crippen LogP) is 4.79. The van der Waals surface area contributed by atoms with Gasteiger partial charge in [-0.2, -0.15) is 5.26 Å². The molecule has 0 unspecified atom stereocenters. The second-order valence-corrected chi connectivity index (χ2v) is 7.17. The summed E-state index contributed by atoms with van der Waals surface area (Å²) in [6, 6.07) is 17.0. The Bertz CT molecular complexity index is 1150. The number of carbonyl (C=O) groups is 1. The van der Waals surface area contributed by atoms with Crippen LogP contribution in [0.5, 0.6) is 11.5 Å². The highest BCUT2D eigenvalue weighted by Crippen LogP contribution is 2.38. The second-order valence-electron chi connectivity index (χ2n) is 7.17. The van der Waals surface area contributed by atoms with Crippen molar-refractivity contribution in [1.82, 2.24) is 9.97 Å². The zero-order valence-electron chi connectivity index (χ0n) is 17.4. The van der Waals surface area contributed by atoms with Crippen molar-refractivity contribution in [3.8, 4) is 40.1 Å². The number of hydrogen-bond donors (Lipinski definition) is 1. The molecule has 4 rings (SSSR count). The molecule has 1 N–H and O–H groups in total. The van der Waals surface area contributed by atoms with E-state index in [1.165, 1.54) is 0 Å². The van der Waals surface area contributed by atoms with Gasteiger partial charge in [-0.1, -0.05) is 44.2 Å². The fraction of sp³-hybridized carbons (Fsp3) is 0.250. The first-order valence-electron chi connectivity index (χ1n) is 10.2. The van der Waals surface area contributed by atoms with Gasteiger partial charge in [-0.25, -0.2) is 9.97 Å². The molecule has 3 aromatic rings. The molecule has 0 bridgehead atoms. The monoisotopic (exact) mass is 414 g/mol. The molecule has 31 heavy (non-hydrogen) atoms. The van der Waals surface area contributed by atoms with E-state index in [2.05, 4.69) is 21.4 Å². The summed E-state index contributed by atoms with van der Waals surface area (Å²) in [4.78, 5) is 21.8. The normalized spacial score (nSPS) is 11.9. The Balaban J connectivity index is 1.86. The molecule has 1 aliphatic heterocycles. The van der Waals surface area contributed by atoms with Gasteiger partial charge in [0.05, 0.1) is 11.4 Å². The number of rotatable bonds is 6. The van der Waals surface area contributed by atoms with Crippen LogP contribution in [0.25, 0.3) is 22.5 Å². The van der Waals surface area contributed by atoms with Gasteiger partial charge in [0.25, 0.3) is 0 Å². The summed E-state index contributed by atoms with van der Waals surface area (Å²) < 4.78 is 10.9.